The van der Waals surface area contributed by atoms with Gasteiger partial charge in [0, 0.05) is 39.5 Å². The van der Waals surface area contributed by atoms with Crippen LogP contribution in [0.5, 0.6) is 0 Å². The van der Waals surface area contributed by atoms with Crippen molar-refractivity contribution in [2.24, 2.45) is 0 Å². The Kier molecular flexibility index (Phi) is 10.3. The summed E-state index contributed by atoms with van der Waals surface area (Å²) in [7, 11) is 0. The molecule has 9 aromatic carbocycles. The summed E-state index contributed by atoms with van der Waals surface area (Å²) in [5.41, 5.74) is 17.3. The molecule has 0 unspecified atom stereocenters. The Morgan fingerprint density at radius 1 is 0.292 bits per heavy atom. The third-order valence-corrected chi connectivity index (χ3v) is 13.6. The molecule has 330 valence electrons. The maximum Gasteiger partial charge on any atom is 0.104 e. The van der Waals surface area contributed by atoms with Crippen molar-refractivity contribution in [3.63, 3.8) is 0 Å². The Bertz CT molecular complexity index is 3910. The average Bonchev–Trinajstić information content (AvgIpc) is 3.96. The SMILES string of the molecule is N#Cc1ccc(-c2ccc3c(c2)c2cc(-c4ccc(C#N)cc4)ccc2n3-c2cc(-c3cccnc3)cc(-n3c4ccc(-c5ccc(C#N)cc5)cc4c4cc(-c5ccc(C#N)cc5)ccc43)c2C#N)cc1. The normalized spacial score (nSPS) is 11.0. The maximum atomic E-state index is 11.7. The molecule has 72 heavy (non-hydrogen) atoms. The molecule has 0 saturated heterocycles. The molecule has 3 aromatic heterocycles. The van der Waals surface area contributed by atoms with Gasteiger partial charge in [0.15, 0.2) is 0 Å². The fourth-order valence-corrected chi connectivity index (χ4v) is 10.0. The summed E-state index contributed by atoms with van der Waals surface area (Å²) in [5, 5.41) is 53.9. The van der Waals surface area contributed by atoms with Gasteiger partial charge in [0.05, 0.1) is 80.0 Å². The van der Waals surface area contributed by atoms with Crippen LogP contribution in [0.25, 0.3) is 111 Å². The van der Waals surface area contributed by atoms with Crippen LogP contribution in [-0.4, -0.2) is 14.1 Å². The van der Waals surface area contributed by atoms with Crippen molar-refractivity contribution in [1.29, 1.82) is 26.3 Å². The molecule has 0 saturated carbocycles. The number of hydrogen-bond donors (Lipinski definition) is 0. The van der Waals surface area contributed by atoms with Gasteiger partial charge >= 0.3 is 0 Å². The van der Waals surface area contributed by atoms with Crippen molar-refractivity contribution < 1.29 is 0 Å². The Labute approximate surface area is 413 Å². The average molecular weight is 915 g/mol. The fraction of sp³-hybridized carbons (Fsp3) is 0. The minimum Gasteiger partial charge on any atom is -0.308 e. The van der Waals surface area contributed by atoms with Gasteiger partial charge in [0.1, 0.15) is 11.6 Å². The summed E-state index contributed by atoms with van der Waals surface area (Å²) in [6.45, 7) is 0. The van der Waals surface area contributed by atoms with Crippen LogP contribution in [0.3, 0.4) is 0 Å². The first-order chi connectivity index (χ1) is 35.4. The lowest BCUT2D eigenvalue weighted by atomic mass is 9.99. The summed E-state index contributed by atoms with van der Waals surface area (Å²) in [6, 6.07) is 75.5. The van der Waals surface area contributed by atoms with Crippen LogP contribution >= 0.6 is 0 Å². The number of nitriles is 5. The smallest absolute Gasteiger partial charge is 0.104 e. The van der Waals surface area contributed by atoms with E-state index in [9.17, 15) is 26.3 Å². The number of nitrogens with zero attached hydrogens (tertiary/aromatic N) is 8. The number of rotatable bonds is 7. The molecule has 0 bridgehead atoms. The second-order valence-corrected chi connectivity index (χ2v) is 17.6. The minimum absolute atomic E-state index is 0.458. The van der Waals surface area contributed by atoms with Gasteiger partial charge in [0.25, 0.3) is 0 Å². The van der Waals surface area contributed by atoms with E-state index in [1.165, 1.54) is 0 Å². The van der Waals surface area contributed by atoms with Crippen molar-refractivity contribution in [3.05, 3.63) is 234 Å². The van der Waals surface area contributed by atoms with E-state index in [1.807, 2.05) is 115 Å². The van der Waals surface area contributed by atoms with Crippen LogP contribution in [0, 0.1) is 56.7 Å². The monoisotopic (exact) mass is 914 g/mol. The van der Waals surface area contributed by atoms with Crippen molar-refractivity contribution >= 4 is 43.6 Å². The summed E-state index contributed by atoms with van der Waals surface area (Å²) in [6.07, 6.45) is 3.59. The third kappa shape index (κ3) is 7.17. The molecular weight excluding hydrogens is 881 g/mol. The van der Waals surface area contributed by atoms with Crippen LogP contribution in [-0.2, 0) is 0 Å². The number of benzene rings is 9. The van der Waals surface area contributed by atoms with E-state index >= 15 is 0 Å². The van der Waals surface area contributed by atoms with E-state index < -0.39 is 0 Å². The zero-order chi connectivity index (χ0) is 48.9. The second kappa shape index (κ2) is 17.4. The highest BCUT2D eigenvalue weighted by Crippen LogP contribution is 2.43. The Morgan fingerprint density at radius 2 is 0.597 bits per heavy atom. The molecular formula is C64H34N8. The first-order valence-electron chi connectivity index (χ1n) is 23.1. The molecule has 3 heterocycles. The molecule has 0 fully saturated rings. The van der Waals surface area contributed by atoms with Gasteiger partial charge in [-0.1, -0.05) is 78.9 Å². The topological polar surface area (TPSA) is 142 Å². The van der Waals surface area contributed by atoms with Crippen LogP contribution < -0.4 is 0 Å². The standard InChI is InChI=1S/C64H34N8/c65-34-40-3-11-44(12-4-40)48-19-23-59-54(28-48)55-29-49(45-13-5-41(35-66)6-14-45)20-24-60(55)71(59)63-32-53(52-2-1-27-70-39-52)33-64(58(63)38-69)72-61-25-21-50(46-15-7-42(36-67)8-16-46)30-56(61)57-31-51(22-26-62(57)72)47-17-9-43(37-68)10-18-47/h1-33,39H. The van der Waals surface area contributed by atoms with Gasteiger partial charge in [-0.15, -0.1) is 0 Å². The molecule has 0 N–H and O–H groups in total. The van der Waals surface area contributed by atoms with Crippen LogP contribution in [0.4, 0.5) is 0 Å². The Hall–Kier alpha value is -10.8. The Morgan fingerprint density at radius 3 is 0.861 bits per heavy atom. The quantitative estimate of drug-likeness (QED) is 0.156. The van der Waals surface area contributed by atoms with E-state index in [4.69, 9.17) is 0 Å². The highest BCUT2D eigenvalue weighted by molar-refractivity contribution is 6.14. The van der Waals surface area contributed by atoms with E-state index in [0.717, 1.165) is 99.2 Å². The molecule has 12 rings (SSSR count). The first-order valence-corrected chi connectivity index (χ1v) is 23.1. The molecule has 0 aliphatic heterocycles. The van der Waals surface area contributed by atoms with E-state index in [-0.39, 0.29) is 0 Å². The van der Waals surface area contributed by atoms with Gasteiger partial charge in [-0.25, -0.2) is 0 Å². The minimum atomic E-state index is 0.458. The molecule has 12 aromatic rings. The van der Waals surface area contributed by atoms with Gasteiger partial charge in [-0.05, 0) is 165 Å². The number of hydrogen-bond acceptors (Lipinski definition) is 6. The predicted molar refractivity (Wildman–Crippen MR) is 284 cm³/mol. The lowest BCUT2D eigenvalue weighted by Gasteiger charge is -2.18. The lowest BCUT2D eigenvalue weighted by Crippen LogP contribution is -2.05. The summed E-state index contributed by atoms with van der Waals surface area (Å²) >= 11 is 0. The van der Waals surface area contributed by atoms with E-state index in [1.54, 1.807) is 6.20 Å². The molecule has 0 radical (unpaired) electrons. The molecule has 0 aliphatic rings. The predicted octanol–water partition coefficient (Wildman–Crippen LogP) is 15.0. The summed E-state index contributed by atoms with van der Waals surface area (Å²) < 4.78 is 4.38. The number of aromatic nitrogens is 3. The van der Waals surface area contributed by atoms with Crippen molar-refractivity contribution in [2.75, 3.05) is 0 Å². The van der Waals surface area contributed by atoms with Crippen molar-refractivity contribution in [1.82, 2.24) is 14.1 Å². The van der Waals surface area contributed by atoms with E-state index in [0.29, 0.717) is 39.2 Å². The van der Waals surface area contributed by atoms with Crippen LogP contribution in [0.1, 0.15) is 27.8 Å². The second-order valence-electron chi connectivity index (χ2n) is 17.6. The molecule has 8 nitrogen and oxygen atoms in total. The zero-order valence-electron chi connectivity index (χ0n) is 38.2. The van der Waals surface area contributed by atoms with Gasteiger partial charge < -0.3 is 9.13 Å². The molecule has 0 atom stereocenters. The number of fused-ring (bicyclic) bond motifs is 6. The molecule has 0 spiro atoms. The van der Waals surface area contributed by atoms with Crippen LogP contribution in [0.2, 0.25) is 0 Å². The third-order valence-electron chi connectivity index (χ3n) is 13.6. The van der Waals surface area contributed by atoms with Crippen molar-refractivity contribution in [3.8, 4) is 97.4 Å². The molecule has 0 aliphatic carbocycles. The summed E-state index contributed by atoms with van der Waals surface area (Å²) in [4.78, 5) is 4.54. The highest BCUT2D eigenvalue weighted by Gasteiger charge is 2.24. The van der Waals surface area contributed by atoms with E-state index in [2.05, 4.69) is 129 Å². The first kappa shape index (κ1) is 42.5. The zero-order valence-corrected chi connectivity index (χ0v) is 38.2. The van der Waals surface area contributed by atoms with Gasteiger partial charge in [0.2, 0.25) is 0 Å². The lowest BCUT2D eigenvalue weighted by molar-refractivity contribution is 1.12. The summed E-state index contributed by atoms with van der Waals surface area (Å²) in [5.74, 6) is 0. The van der Waals surface area contributed by atoms with Gasteiger partial charge in [-0.3, -0.25) is 4.98 Å². The Balaban J connectivity index is 1.15. The molecule has 0 amide bonds. The van der Waals surface area contributed by atoms with Crippen LogP contribution in [0.15, 0.2) is 207 Å². The maximum absolute atomic E-state index is 11.7. The van der Waals surface area contributed by atoms with Gasteiger partial charge in [-0.2, -0.15) is 26.3 Å². The van der Waals surface area contributed by atoms with Crippen molar-refractivity contribution in [2.45, 2.75) is 0 Å². The number of pyridine rings is 1. The largest absolute Gasteiger partial charge is 0.308 e. The molecule has 8 heteroatoms. The fourth-order valence-electron chi connectivity index (χ4n) is 10.0. The highest BCUT2D eigenvalue weighted by atomic mass is 15.0.